The number of carbonyl (C=O) groups excluding carboxylic acids is 1. The van der Waals surface area contributed by atoms with Crippen molar-refractivity contribution >= 4 is 17.3 Å². The normalized spacial score (nSPS) is 24.1. The number of nitrogen functional groups attached to an aromatic ring is 1. The van der Waals surface area contributed by atoms with E-state index in [2.05, 4.69) is 24.1 Å². The van der Waals surface area contributed by atoms with Gasteiger partial charge in [0.15, 0.2) is 0 Å². The van der Waals surface area contributed by atoms with Gasteiger partial charge in [-0.25, -0.2) is 0 Å². The van der Waals surface area contributed by atoms with Crippen molar-refractivity contribution in [1.82, 2.24) is 4.90 Å². The topological polar surface area (TPSA) is 58.4 Å². The van der Waals surface area contributed by atoms with E-state index in [1.54, 1.807) is 12.1 Å². The number of nitrogens with two attached hydrogens (primary N) is 1. The minimum Gasteiger partial charge on any atom is -0.399 e. The Hall–Kier alpha value is -1.55. The predicted molar refractivity (Wildman–Crippen MR) is 74.3 cm³/mol. The molecule has 4 nitrogen and oxygen atoms in total. The van der Waals surface area contributed by atoms with Crippen LogP contribution in [0, 0.1) is 11.8 Å². The third-order valence-corrected chi connectivity index (χ3v) is 3.60. The van der Waals surface area contributed by atoms with Crippen LogP contribution < -0.4 is 11.1 Å². The van der Waals surface area contributed by atoms with Gasteiger partial charge in [-0.1, -0.05) is 19.9 Å². The highest BCUT2D eigenvalue weighted by Crippen LogP contribution is 2.21. The first-order chi connectivity index (χ1) is 8.54. The van der Waals surface area contributed by atoms with Crippen molar-refractivity contribution in [3.05, 3.63) is 24.3 Å². The molecule has 0 aromatic heterocycles. The molecule has 2 unspecified atom stereocenters. The number of rotatable bonds is 3. The van der Waals surface area contributed by atoms with Gasteiger partial charge in [0.25, 0.3) is 0 Å². The molecule has 2 rings (SSSR count). The van der Waals surface area contributed by atoms with Crippen LogP contribution in [0.3, 0.4) is 0 Å². The van der Waals surface area contributed by atoms with E-state index in [-0.39, 0.29) is 5.91 Å². The van der Waals surface area contributed by atoms with Crippen molar-refractivity contribution in [3.8, 4) is 0 Å². The van der Waals surface area contributed by atoms with Crippen LogP contribution in [0.25, 0.3) is 0 Å². The van der Waals surface area contributed by atoms with Crippen LogP contribution in [0.2, 0.25) is 0 Å². The Kier molecular flexibility index (Phi) is 3.87. The second-order valence-electron chi connectivity index (χ2n) is 5.32. The van der Waals surface area contributed by atoms with Crippen LogP contribution in [0.5, 0.6) is 0 Å². The van der Waals surface area contributed by atoms with Crippen LogP contribution in [0.4, 0.5) is 11.4 Å². The quantitative estimate of drug-likeness (QED) is 0.801. The number of carbonyl (C=O) groups is 1. The smallest absolute Gasteiger partial charge is 0.238 e. The molecule has 0 bridgehead atoms. The Bertz CT molecular complexity index is 423. The van der Waals surface area contributed by atoms with Gasteiger partial charge in [0.05, 0.1) is 6.54 Å². The Balaban J connectivity index is 1.86. The SMILES string of the molecule is CC1CN(CC(=O)Nc2cccc(N)c2)CC1C. The van der Waals surface area contributed by atoms with E-state index in [1.165, 1.54) is 0 Å². The van der Waals surface area contributed by atoms with E-state index in [0.717, 1.165) is 18.8 Å². The van der Waals surface area contributed by atoms with Crippen molar-refractivity contribution < 1.29 is 4.79 Å². The molecule has 1 aliphatic rings. The zero-order chi connectivity index (χ0) is 13.1. The summed E-state index contributed by atoms with van der Waals surface area (Å²) in [6, 6.07) is 7.26. The maximum absolute atomic E-state index is 11.9. The molecule has 98 valence electrons. The summed E-state index contributed by atoms with van der Waals surface area (Å²) in [4.78, 5) is 14.1. The third-order valence-electron chi connectivity index (χ3n) is 3.60. The van der Waals surface area contributed by atoms with Gasteiger partial charge in [-0.3, -0.25) is 9.69 Å². The standard InChI is InChI=1S/C14H21N3O/c1-10-7-17(8-11(10)2)9-14(18)16-13-5-3-4-12(15)6-13/h3-6,10-11H,7-9,15H2,1-2H3,(H,16,18). The van der Waals surface area contributed by atoms with E-state index >= 15 is 0 Å². The largest absolute Gasteiger partial charge is 0.399 e. The zero-order valence-corrected chi connectivity index (χ0v) is 11.0. The van der Waals surface area contributed by atoms with E-state index in [1.807, 2.05) is 12.1 Å². The number of nitrogens with one attached hydrogen (secondary N) is 1. The van der Waals surface area contributed by atoms with Crippen LogP contribution in [0.15, 0.2) is 24.3 Å². The summed E-state index contributed by atoms with van der Waals surface area (Å²) in [5.74, 6) is 1.37. The van der Waals surface area contributed by atoms with Gasteiger partial charge < -0.3 is 11.1 Å². The lowest BCUT2D eigenvalue weighted by Gasteiger charge is -2.15. The van der Waals surface area contributed by atoms with Crippen molar-refractivity contribution in [2.45, 2.75) is 13.8 Å². The maximum Gasteiger partial charge on any atom is 0.238 e. The second kappa shape index (κ2) is 5.40. The lowest BCUT2D eigenvalue weighted by Crippen LogP contribution is -2.31. The molecule has 0 radical (unpaired) electrons. The summed E-state index contributed by atoms with van der Waals surface area (Å²) in [5, 5.41) is 2.88. The molecule has 0 saturated carbocycles. The van der Waals surface area contributed by atoms with Crippen LogP contribution >= 0.6 is 0 Å². The molecular weight excluding hydrogens is 226 g/mol. The monoisotopic (exact) mass is 247 g/mol. The summed E-state index contributed by atoms with van der Waals surface area (Å²) in [6.07, 6.45) is 0. The summed E-state index contributed by atoms with van der Waals surface area (Å²) < 4.78 is 0. The summed E-state index contributed by atoms with van der Waals surface area (Å²) in [6.45, 7) is 6.95. The molecular formula is C14H21N3O. The van der Waals surface area contributed by atoms with E-state index in [0.29, 0.717) is 24.1 Å². The molecule has 2 atom stereocenters. The van der Waals surface area contributed by atoms with Crippen molar-refractivity contribution in [1.29, 1.82) is 0 Å². The number of nitrogens with zero attached hydrogens (tertiary/aromatic N) is 1. The first kappa shape index (κ1) is 12.9. The molecule has 18 heavy (non-hydrogen) atoms. The summed E-state index contributed by atoms with van der Waals surface area (Å²) >= 11 is 0. The number of amides is 1. The van der Waals surface area contributed by atoms with Gasteiger partial charge in [0.2, 0.25) is 5.91 Å². The number of benzene rings is 1. The minimum absolute atomic E-state index is 0.0295. The lowest BCUT2D eigenvalue weighted by molar-refractivity contribution is -0.117. The molecule has 1 saturated heterocycles. The van der Waals surface area contributed by atoms with E-state index in [9.17, 15) is 4.79 Å². The predicted octanol–water partition coefficient (Wildman–Crippen LogP) is 1.80. The van der Waals surface area contributed by atoms with Gasteiger partial charge in [-0.15, -0.1) is 0 Å². The van der Waals surface area contributed by atoms with Crippen molar-refractivity contribution in [2.75, 3.05) is 30.7 Å². The Morgan fingerprint density at radius 1 is 1.39 bits per heavy atom. The van der Waals surface area contributed by atoms with Gasteiger partial charge in [0, 0.05) is 24.5 Å². The average Bonchev–Trinajstić information content (AvgIpc) is 2.57. The lowest BCUT2D eigenvalue weighted by atomic mass is 10.0. The van der Waals surface area contributed by atoms with Gasteiger partial charge in [-0.05, 0) is 30.0 Å². The van der Waals surface area contributed by atoms with Gasteiger partial charge in [0.1, 0.15) is 0 Å². The Morgan fingerprint density at radius 3 is 2.67 bits per heavy atom. The third kappa shape index (κ3) is 3.23. The molecule has 1 aromatic rings. The van der Waals surface area contributed by atoms with Crippen molar-refractivity contribution in [3.63, 3.8) is 0 Å². The highest BCUT2D eigenvalue weighted by atomic mass is 16.2. The minimum atomic E-state index is 0.0295. The number of anilines is 2. The fourth-order valence-electron chi connectivity index (χ4n) is 2.40. The molecule has 0 spiro atoms. The zero-order valence-electron chi connectivity index (χ0n) is 11.0. The highest BCUT2D eigenvalue weighted by molar-refractivity contribution is 5.92. The fraction of sp³-hybridized carbons (Fsp3) is 0.500. The second-order valence-corrected chi connectivity index (χ2v) is 5.32. The highest BCUT2D eigenvalue weighted by Gasteiger charge is 2.26. The Morgan fingerprint density at radius 2 is 2.06 bits per heavy atom. The first-order valence-corrected chi connectivity index (χ1v) is 6.42. The van der Waals surface area contributed by atoms with Crippen LogP contribution in [-0.2, 0) is 4.79 Å². The van der Waals surface area contributed by atoms with Crippen LogP contribution in [-0.4, -0.2) is 30.4 Å². The van der Waals surface area contributed by atoms with Gasteiger partial charge in [-0.2, -0.15) is 0 Å². The Labute approximate surface area is 108 Å². The molecule has 3 N–H and O–H groups in total. The molecule has 1 heterocycles. The van der Waals surface area contributed by atoms with Crippen LogP contribution in [0.1, 0.15) is 13.8 Å². The van der Waals surface area contributed by atoms with E-state index in [4.69, 9.17) is 5.73 Å². The molecule has 1 amide bonds. The number of likely N-dealkylation sites (tertiary alicyclic amines) is 1. The van der Waals surface area contributed by atoms with Crippen molar-refractivity contribution in [2.24, 2.45) is 11.8 Å². The summed E-state index contributed by atoms with van der Waals surface area (Å²) in [7, 11) is 0. The summed E-state index contributed by atoms with van der Waals surface area (Å²) in [5.41, 5.74) is 7.10. The van der Waals surface area contributed by atoms with Gasteiger partial charge >= 0.3 is 0 Å². The molecule has 4 heteroatoms. The number of hydrogen-bond acceptors (Lipinski definition) is 3. The number of hydrogen-bond donors (Lipinski definition) is 2. The molecule has 1 aromatic carbocycles. The first-order valence-electron chi connectivity index (χ1n) is 6.42. The van der Waals surface area contributed by atoms with E-state index < -0.39 is 0 Å². The molecule has 0 aliphatic carbocycles. The fourth-order valence-corrected chi connectivity index (χ4v) is 2.40. The molecule has 1 aliphatic heterocycles. The average molecular weight is 247 g/mol. The molecule has 1 fully saturated rings. The maximum atomic E-state index is 11.9.